The third-order valence-electron chi connectivity index (χ3n) is 4.23. The first-order valence-electron chi connectivity index (χ1n) is 8.04. The molecule has 1 aromatic rings. The smallest absolute Gasteiger partial charge is 0.319 e. The van der Waals surface area contributed by atoms with Crippen molar-refractivity contribution in [3.63, 3.8) is 0 Å². The lowest BCUT2D eigenvalue weighted by atomic mass is 10.1. The van der Waals surface area contributed by atoms with Crippen LogP contribution >= 0.6 is 0 Å². The van der Waals surface area contributed by atoms with Gasteiger partial charge >= 0.3 is 6.03 Å². The van der Waals surface area contributed by atoms with Gasteiger partial charge in [-0.15, -0.1) is 0 Å². The maximum absolute atomic E-state index is 12.2. The molecule has 23 heavy (non-hydrogen) atoms. The van der Waals surface area contributed by atoms with Crippen LogP contribution in [0.4, 0.5) is 10.5 Å². The maximum atomic E-state index is 12.2. The fraction of sp³-hybridized carbons (Fsp3) is 0.562. The molecule has 0 radical (unpaired) electrons. The van der Waals surface area contributed by atoms with Crippen molar-refractivity contribution in [1.29, 1.82) is 0 Å². The third kappa shape index (κ3) is 4.94. The summed E-state index contributed by atoms with van der Waals surface area (Å²) in [5.74, 6) is 0. The Balaban J connectivity index is 2.06. The predicted molar refractivity (Wildman–Crippen MR) is 91.1 cm³/mol. The van der Waals surface area contributed by atoms with Crippen molar-refractivity contribution in [2.75, 3.05) is 12.4 Å². The molecule has 1 aromatic carbocycles. The van der Waals surface area contributed by atoms with Crippen molar-refractivity contribution in [3.8, 4) is 0 Å². The van der Waals surface area contributed by atoms with E-state index < -0.39 is 10.0 Å². The molecule has 2 amide bonds. The lowest BCUT2D eigenvalue weighted by Crippen LogP contribution is -2.37. The number of urea groups is 1. The van der Waals surface area contributed by atoms with E-state index in [-0.39, 0.29) is 17.0 Å². The molecule has 0 spiro atoms. The molecule has 1 saturated carbocycles. The van der Waals surface area contributed by atoms with E-state index in [1.807, 2.05) is 6.92 Å². The van der Waals surface area contributed by atoms with Gasteiger partial charge in [0.25, 0.3) is 0 Å². The molecule has 0 atom stereocenters. The predicted octanol–water partition coefficient (Wildman–Crippen LogP) is 2.75. The number of carbonyl (C=O) groups is 1. The Hall–Kier alpha value is -1.60. The summed E-state index contributed by atoms with van der Waals surface area (Å²) in [5.41, 5.74) is 1.32. The first kappa shape index (κ1) is 17.7. The minimum Gasteiger partial charge on any atom is -0.335 e. The molecular formula is C16H25N3O3S. The lowest BCUT2D eigenvalue weighted by molar-refractivity contribution is 0.247. The van der Waals surface area contributed by atoms with Gasteiger partial charge < -0.3 is 10.6 Å². The summed E-state index contributed by atoms with van der Waals surface area (Å²) in [4.78, 5) is 12.3. The third-order valence-corrected chi connectivity index (χ3v) is 5.64. The van der Waals surface area contributed by atoms with Crippen LogP contribution in [-0.2, 0) is 10.0 Å². The molecule has 2 rings (SSSR count). The molecule has 0 heterocycles. The quantitative estimate of drug-likeness (QED) is 0.737. The Morgan fingerprint density at radius 3 is 2.39 bits per heavy atom. The van der Waals surface area contributed by atoms with Crippen molar-refractivity contribution in [2.45, 2.75) is 56.4 Å². The zero-order chi connectivity index (χ0) is 16.9. The molecule has 7 heteroatoms. The number of carbonyl (C=O) groups excluding carboxylic acids is 1. The average molecular weight is 339 g/mol. The molecule has 1 aliphatic carbocycles. The summed E-state index contributed by atoms with van der Waals surface area (Å²) < 4.78 is 26.0. The van der Waals surface area contributed by atoms with E-state index in [0.717, 1.165) is 31.2 Å². The molecule has 6 nitrogen and oxygen atoms in total. The van der Waals surface area contributed by atoms with Crippen molar-refractivity contribution in [1.82, 2.24) is 10.0 Å². The largest absolute Gasteiger partial charge is 0.335 e. The van der Waals surface area contributed by atoms with Crippen LogP contribution in [0.2, 0.25) is 0 Å². The lowest BCUT2D eigenvalue weighted by Gasteiger charge is -2.18. The van der Waals surface area contributed by atoms with Gasteiger partial charge in [-0.25, -0.2) is 17.9 Å². The van der Waals surface area contributed by atoms with E-state index in [1.165, 1.54) is 32.0 Å². The van der Waals surface area contributed by atoms with Crippen LogP contribution < -0.4 is 15.4 Å². The Morgan fingerprint density at radius 2 is 1.78 bits per heavy atom. The summed E-state index contributed by atoms with van der Waals surface area (Å²) in [6.07, 6.45) is 6.73. The second-order valence-electron chi connectivity index (χ2n) is 5.97. The fourth-order valence-electron chi connectivity index (χ4n) is 2.79. The highest BCUT2D eigenvalue weighted by atomic mass is 32.2. The SMILES string of the molecule is CNS(=O)(=O)c1ccc(C)c(NC(=O)NC2CCCCCC2)c1. The van der Waals surface area contributed by atoms with E-state index >= 15 is 0 Å². The molecule has 0 unspecified atom stereocenters. The van der Waals surface area contributed by atoms with Crippen molar-refractivity contribution < 1.29 is 13.2 Å². The van der Waals surface area contributed by atoms with Gasteiger partial charge in [-0.1, -0.05) is 31.7 Å². The number of anilines is 1. The van der Waals surface area contributed by atoms with Gasteiger partial charge in [0.15, 0.2) is 0 Å². The van der Waals surface area contributed by atoms with Crippen LogP contribution in [0.15, 0.2) is 23.1 Å². The molecule has 1 aliphatic rings. The number of benzene rings is 1. The molecule has 128 valence electrons. The number of sulfonamides is 1. The normalized spacial score (nSPS) is 16.6. The van der Waals surface area contributed by atoms with Gasteiger partial charge in [0.05, 0.1) is 4.90 Å². The molecule has 0 saturated heterocycles. The van der Waals surface area contributed by atoms with Gasteiger partial charge in [-0.3, -0.25) is 0 Å². The first-order chi connectivity index (χ1) is 10.9. The van der Waals surface area contributed by atoms with Crippen LogP contribution in [0, 0.1) is 6.92 Å². The van der Waals surface area contributed by atoms with E-state index in [0.29, 0.717) is 5.69 Å². The zero-order valence-electron chi connectivity index (χ0n) is 13.7. The van der Waals surface area contributed by atoms with Gasteiger partial charge in [0.1, 0.15) is 0 Å². The van der Waals surface area contributed by atoms with Crippen LogP contribution in [0.25, 0.3) is 0 Å². The van der Waals surface area contributed by atoms with Gasteiger partial charge in [-0.05, 0) is 44.5 Å². The summed E-state index contributed by atoms with van der Waals surface area (Å²) in [7, 11) is -2.16. The summed E-state index contributed by atoms with van der Waals surface area (Å²) in [5, 5.41) is 5.76. The number of nitrogens with one attached hydrogen (secondary N) is 3. The monoisotopic (exact) mass is 339 g/mol. The van der Waals surface area contributed by atoms with Gasteiger partial charge in [0.2, 0.25) is 10.0 Å². The number of rotatable bonds is 4. The second-order valence-corrected chi connectivity index (χ2v) is 7.86. The minimum absolute atomic E-state index is 0.135. The Bertz CT molecular complexity index is 651. The molecule has 0 bridgehead atoms. The summed E-state index contributed by atoms with van der Waals surface area (Å²) in [6, 6.07) is 4.61. The summed E-state index contributed by atoms with van der Waals surface area (Å²) >= 11 is 0. The van der Waals surface area contributed by atoms with Gasteiger partial charge in [-0.2, -0.15) is 0 Å². The molecule has 0 aliphatic heterocycles. The Morgan fingerprint density at radius 1 is 1.13 bits per heavy atom. The first-order valence-corrected chi connectivity index (χ1v) is 9.52. The van der Waals surface area contributed by atoms with Crippen molar-refractivity contribution in [3.05, 3.63) is 23.8 Å². The van der Waals surface area contributed by atoms with E-state index in [4.69, 9.17) is 0 Å². The van der Waals surface area contributed by atoms with Crippen molar-refractivity contribution >= 4 is 21.7 Å². The topological polar surface area (TPSA) is 87.3 Å². The van der Waals surface area contributed by atoms with Crippen LogP contribution in [0.3, 0.4) is 0 Å². The average Bonchev–Trinajstić information content (AvgIpc) is 2.78. The molecule has 1 fully saturated rings. The number of amides is 2. The highest BCUT2D eigenvalue weighted by Crippen LogP contribution is 2.21. The van der Waals surface area contributed by atoms with Gasteiger partial charge in [0, 0.05) is 11.7 Å². The Kier molecular flexibility index (Phi) is 6.01. The van der Waals surface area contributed by atoms with Crippen LogP contribution in [-0.4, -0.2) is 27.5 Å². The van der Waals surface area contributed by atoms with E-state index in [1.54, 1.807) is 6.07 Å². The number of hydrogen-bond acceptors (Lipinski definition) is 3. The molecular weight excluding hydrogens is 314 g/mol. The van der Waals surface area contributed by atoms with E-state index in [2.05, 4.69) is 15.4 Å². The van der Waals surface area contributed by atoms with E-state index in [9.17, 15) is 13.2 Å². The summed E-state index contributed by atoms with van der Waals surface area (Å²) in [6.45, 7) is 1.83. The standard InChI is InChI=1S/C16H25N3O3S/c1-12-9-10-14(23(21,22)17-2)11-15(12)19-16(20)18-13-7-5-3-4-6-8-13/h9-11,13,17H,3-8H2,1-2H3,(H2,18,19,20). The maximum Gasteiger partial charge on any atom is 0.319 e. The van der Waals surface area contributed by atoms with Crippen LogP contribution in [0.1, 0.15) is 44.1 Å². The Labute approximate surface area is 138 Å². The molecule has 0 aromatic heterocycles. The van der Waals surface area contributed by atoms with Crippen molar-refractivity contribution in [2.24, 2.45) is 0 Å². The highest BCUT2D eigenvalue weighted by Gasteiger charge is 2.17. The fourth-order valence-corrected chi connectivity index (χ4v) is 3.54. The number of hydrogen-bond donors (Lipinski definition) is 3. The zero-order valence-corrected chi connectivity index (χ0v) is 14.5. The minimum atomic E-state index is -3.53. The molecule has 3 N–H and O–H groups in total. The second kappa shape index (κ2) is 7.79. The highest BCUT2D eigenvalue weighted by molar-refractivity contribution is 7.89. The number of aryl methyl sites for hydroxylation is 1. The van der Waals surface area contributed by atoms with Crippen LogP contribution in [0.5, 0.6) is 0 Å².